The maximum Gasteiger partial charge on any atom is 0.191 e. The zero-order chi connectivity index (χ0) is 16.7. The van der Waals surface area contributed by atoms with Crippen LogP contribution in [0.25, 0.3) is 0 Å². The number of benzene rings is 2. The lowest BCUT2D eigenvalue weighted by Gasteiger charge is -2.42. The standard InChI is InChI=1S/C20H20N2O2/c1-20(18(23)16-9-5-6-10-17(16)19(20)24)22-13-11-21(12-14-22)15-7-3-2-4-8-15/h2-10H,11-14H2,1H3. The molecule has 0 unspecified atom stereocenters. The van der Waals surface area contributed by atoms with E-state index in [2.05, 4.69) is 21.9 Å². The van der Waals surface area contributed by atoms with Gasteiger partial charge in [0.2, 0.25) is 0 Å². The third-order valence-corrected chi connectivity index (χ3v) is 5.33. The Balaban J connectivity index is 1.56. The van der Waals surface area contributed by atoms with Crippen molar-refractivity contribution < 1.29 is 9.59 Å². The van der Waals surface area contributed by atoms with Gasteiger partial charge < -0.3 is 4.90 Å². The van der Waals surface area contributed by atoms with Crippen LogP contribution >= 0.6 is 0 Å². The summed E-state index contributed by atoms with van der Waals surface area (Å²) >= 11 is 0. The molecule has 24 heavy (non-hydrogen) atoms. The number of para-hydroxylation sites is 1. The quantitative estimate of drug-likeness (QED) is 0.798. The van der Waals surface area contributed by atoms with Crippen molar-refractivity contribution >= 4 is 17.3 Å². The van der Waals surface area contributed by atoms with Crippen LogP contribution in [0.5, 0.6) is 0 Å². The van der Waals surface area contributed by atoms with E-state index in [-0.39, 0.29) is 11.6 Å². The van der Waals surface area contributed by atoms with E-state index in [1.807, 2.05) is 30.3 Å². The first-order valence-electron chi connectivity index (χ1n) is 8.36. The van der Waals surface area contributed by atoms with Crippen LogP contribution in [0, 0.1) is 0 Å². The summed E-state index contributed by atoms with van der Waals surface area (Å²) in [6, 6.07) is 17.4. The molecule has 0 N–H and O–H groups in total. The molecule has 0 atom stereocenters. The highest BCUT2D eigenvalue weighted by atomic mass is 16.2. The molecule has 0 saturated carbocycles. The third kappa shape index (κ3) is 2.10. The number of carbonyl (C=O) groups excluding carboxylic acids is 2. The molecule has 4 nitrogen and oxygen atoms in total. The molecule has 2 aliphatic rings. The summed E-state index contributed by atoms with van der Waals surface area (Å²) in [5.41, 5.74) is 1.27. The first-order valence-corrected chi connectivity index (χ1v) is 8.36. The number of hydrogen-bond donors (Lipinski definition) is 0. The second kappa shape index (κ2) is 5.56. The third-order valence-electron chi connectivity index (χ3n) is 5.33. The van der Waals surface area contributed by atoms with E-state index in [1.165, 1.54) is 5.69 Å². The molecule has 1 saturated heterocycles. The number of Topliss-reactive ketones (excluding diaryl/α,β-unsaturated/α-hetero) is 2. The lowest BCUT2D eigenvalue weighted by Crippen LogP contribution is -2.61. The summed E-state index contributed by atoms with van der Waals surface area (Å²) in [7, 11) is 0. The van der Waals surface area contributed by atoms with E-state index < -0.39 is 5.54 Å². The fourth-order valence-electron chi connectivity index (χ4n) is 3.84. The number of piperazine rings is 1. The zero-order valence-corrected chi connectivity index (χ0v) is 13.7. The molecule has 122 valence electrons. The van der Waals surface area contributed by atoms with E-state index in [4.69, 9.17) is 0 Å². The number of hydrogen-bond acceptors (Lipinski definition) is 4. The summed E-state index contributed by atoms with van der Waals surface area (Å²) in [6.45, 7) is 4.83. The van der Waals surface area contributed by atoms with Gasteiger partial charge in [0.15, 0.2) is 11.6 Å². The first-order chi connectivity index (χ1) is 11.6. The topological polar surface area (TPSA) is 40.6 Å². The SMILES string of the molecule is CC1(N2CCN(c3ccccc3)CC2)C(=O)c2ccccc2C1=O. The van der Waals surface area contributed by atoms with Gasteiger partial charge in [0.1, 0.15) is 5.54 Å². The molecular weight excluding hydrogens is 300 g/mol. The fraction of sp³-hybridized carbons (Fsp3) is 0.300. The van der Waals surface area contributed by atoms with Gasteiger partial charge >= 0.3 is 0 Å². The smallest absolute Gasteiger partial charge is 0.191 e. The van der Waals surface area contributed by atoms with Gasteiger partial charge in [-0.3, -0.25) is 14.5 Å². The Morgan fingerprint density at radius 1 is 0.750 bits per heavy atom. The van der Waals surface area contributed by atoms with Gasteiger partial charge in [0.05, 0.1) is 0 Å². The summed E-state index contributed by atoms with van der Waals surface area (Å²) in [5, 5.41) is 0. The summed E-state index contributed by atoms with van der Waals surface area (Å²) in [5.74, 6) is -0.118. The average molecular weight is 320 g/mol. The van der Waals surface area contributed by atoms with Crippen LogP contribution in [0.4, 0.5) is 5.69 Å². The molecular formula is C20H20N2O2. The Hall–Kier alpha value is -2.46. The maximum absolute atomic E-state index is 12.9. The molecule has 4 heteroatoms. The van der Waals surface area contributed by atoms with Gasteiger partial charge in [0, 0.05) is 43.0 Å². The molecule has 2 aromatic carbocycles. The van der Waals surface area contributed by atoms with E-state index in [0.717, 1.165) is 13.1 Å². The molecule has 1 aliphatic carbocycles. The van der Waals surface area contributed by atoms with Crippen LogP contribution in [-0.2, 0) is 0 Å². The Kier molecular flexibility index (Phi) is 3.50. The van der Waals surface area contributed by atoms with Crippen molar-refractivity contribution in [3.63, 3.8) is 0 Å². The van der Waals surface area contributed by atoms with Crippen molar-refractivity contribution in [1.82, 2.24) is 4.90 Å². The number of rotatable bonds is 2. The van der Waals surface area contributed by atoms with E-state index in [9.17, 15) is 9.59 Å². The number of carbonyl (C=O) groups is 2. The summed E-state index contributed by atoms with van der Waals surface area (Å²) in [4.78, 5) is 30.2. The molecule has 0 spiro atoms. The van der Waals surface area contributed by atoms with Crippen molar-refractivity contribution in [1.29, 1.82) is 0 Å². The minimum absolute atomic E-state index is 0.0590. The molecule has 0 aromatic heterocycles. The Bertz CT molecular complexity index is 757. The largest absolute Gasteiger partial charge is 0.369 e. The van der Waals surface area contributed by atoms with Crippen LogP contribution < -0.4 is 4.90 Å². The number of fused-ring (bicyclic) bond motifs is 1. The monoisotopic (exact) mass is 320 g/mol. The highest BCUT2D eigenvalue weighted by molar-refractivity contribution is 6.32. The highest BCUT2D eigenvalue weighted by Crippen LogP contribution is 2.35. The normalized spacial score (nSPS) is 20.3. The van der Waals surface area contributed by atoms with Crippen LogP contribution in [0.2, 0.25) is 0 Å². The number of nitrogens with zero attached hydrogens (tertiary/aromatic N) is 2. The van der Waals surface area contributed by atoms with Gasteiger partial charge in [-0.2, -0.15) is 0 Å². The van der Waals surface area contributed by atoms with E-state index in [0.29, 0.717) is 24.2 Å². The Morgan fingerprint density at radius 3 is 1.79 bits per heavy atom. The van der Waals surface area contributed by atoms with Gasteiger partial charge in [-0.05, 0) is 19.1 Å². The second-order valence-corrected chi connectivity index (χ2v) is 6.59. The lowest BCUT2D eigenvalue weighted by atomic mass is 9.92. The number of anilines is 1. The highest BCUT2D eigenvalue weighted by Gasteiger charge is 2.53. The van der Waals surface area contributed by atoms with Crippen molar-refractivity contribution in [2.75, 3.05) is 31.1 Å². The molecule has 1 fully saturated rings. The molecule has 4 rings (SSSR count). The van der Waals surface area contributed by atoms with Crippen molar-refractivity contribution in [2.24, 2.45) is 0 Å². The summed E-state index contributed by atoms with van der Waals surface area (Å²) < 4.78 is 0. The predicted molar refractivity (Wildman–Crippen MR) is 93.7 cm³/mol. The van der Waals surface area contributed by atoms with Gasteiger partial charge in [-0.1, -0.05) is 42.5 Å². The van der Waals surface area contributed by atoms with Gasteiger partial charge in [0.25, 0.3) is 0 Å². The zero-order valence-electron chi connectivity index (χ0n) is 13.7. The molecule has 1 heterocycles. The molecule has 2 aromatic rings. The average Bonchev–Trinajstić information content (AvgIpc) is 2.85. The van der Waals surface area contributed by atoms with Crippen LogP contribution in [-0.4, -0.2) is 48.2 Å². The van der Waals surface area contributed by atoms with E-state index in [1.54, 1.807) is 19.1 Å². The van der Waals surface area contributed by atoms with Crippen molar-refractivity contribution in [3.8, 4) is 0 Å². The predicted octanol–water partition coefficient (Wildman–Crippen LogP) is 2.65. The molecule has 0 bridgehead atoms. The molecule has 0 amide bonds. The molecule has 0 radical (unpaired) electrons. The van der Waals surface area contributed by atoms with Crippen molar-refractivity contribution in [3.05, 3.63) is 65.7 Å². The lowest BCUT2D eigenvalue weighted by molar-refractivity contribution is 0.0517. The van der Waals surface area contributed by atoms with Gasteiger partial charge in [-0.25, -0.2) is 0 Å². The fourth-order valence-corrected chi connectivity index (χ4v) is 3.84. The Labute approximate surface area is 141 Å². The van der Waals surface area contributed by atoms with Crippen LogP contribution in [0.1, 0.15) is 27.6 Å². The number of ketones is 2. The van der Waals surface area contributed by atoms with Crippen LogP contribution in [0.3, 0.4) is 0 Å². The summed E-state index contributed by atoms with van der Waals surface area (Å²) in [6.07, 6.45) is 0. The minimum atomic E-state index is -1.05. The minimum Gasteiger partial charge on any atom is -0.369 e. The maximum atomic E-state index is 12.9. The second-order valence-electron chi connectivity index (χ2n) is 6.59. The first kappa shape index (κ1) is 15.1. The van der Waals surface area contributed by atoms with Crippen LogP contribution in [0.15, 0.2) is 54.6 Å². The van der Waals surface area contributed by atoms with Gasteiger partial charge in [-0.15, -0.1) is 0 Å². The van der Waals surface area contributed by atoms with Crippen molar-refractivity contribution in [2.45, 2.75) is 12.5 Å². The molecule has 1 aliphatic heterocycles. The van der Waals surface area contributed by atoms with E-state index >= 15 is 0 Å². The Morgan fingerprint density at radius 2 is 1.25 bits per heavy atom.